The van der Waals surface area contributed by atoms with Crippen LogP contribution in [0.4, 0.5) is 17.2 Å². The lowest BCUT2D eigenvalue weighted by atomic mass is 10.00. The zero-order valence-electron chi connectivity index (χ0n) is 18.3. The second-order valence-corrected chi connectivity index (χ2v) is 9.36. The molecule has 0 atom stereocenters. The van der Waals surface area contributed by atoms with E-state index in [1.807, 2.05) is 43.3 Å². The van der Waals surface area contributed by atoms with Gasteiger partial charge in [-0.05, 0) is 41.4 Å². The highest BCUT2D eigenvalue weighted by atomic mass is 79.9. The van der Waals surface area contributed by atoms with E-state index in [-0.39, 0.29) is 0 Å². The summed E-state index contributed by atoms with van der Waals surface area (Å²) in [7, 11) is 0. The number of aromatic amines is 1. The van der Waals surface area contributed by atoms with Gasteiger partial charge >= 0.3 is 0 Å². The first kappa shape index (κ1) is 22.4. The molecule has 0 amide bonds. The normalized spacial score (nSPS) is 15.8. The highest BCUT2D eigenvalue weighted by Crippen LogP contribution is 2.41. The van der Waals surface area contributed by atoms with Crippen LogP contribution in [0.3, 0.4) is 0 Å². The minimum absolute atomic E-state index is 0.632. The van der Waals surface area contributed by atoms with Gasteiger partial charge in [-0.2, -0.15) is 5.10 Å². The molecular formula is C24H25BrClN5O2. The topological polar surface area (TPSA) is 74.8 Å². The summed E-state index contributed by atoms with van der Waals surface area (Å²) < 4.78 is 12.4. The van der Waals surface area contributed by atoms with Gasteiger partial charge in [0.05, 0.1) is 41.4 Å². The Kier molecular flexibility index (Phi) is 6.69. The fourth-order valence-electron chi connectivity index (χ4n) is 4.06. The molecular weight excluding hydrogens is 506 g/mol. The summed E-state index contributed by atoms with van der Waals surface area (Å²) in [4.78, 5) is 7.38. The predicted molar refractivity (Wildman–Crippen MR) is 135 cm³/mol. The van der Waals surface area contributed by atoms with E-state index in [0.29, 0.717) is 17.4 Å². The molecule has 3 heterocycles. The van der Waals surface area contributed by atoms with Crippen molar-refractivity contribution in [2.45, 2.75) is 13.3 Å². The van der Waals surface area contributed by atoms with Gasteiger partial charge in [0, 0.05) is 41.9 Å². The molecule has 5 rings (SSSR count). The Balaban J connectivity index is 1.43. The summed E-state index contributed by atoms with van der Waals surface area (Å²) in [6.45, 7) is 7.19. The molecule has 0 bridgehead atoms. The van der Waals surface area contributed by atoms with Crippen molar-refractivity contribution in [2.24, 2.45) is 4.99 Å². The van der Waals surface area contributed by atoms with Crippen LogP contribution in [0.1, 0.15) is 23.2 Å². The number of benzene rings is 2. The number of aliphatic imine (C=N–C) groups is 1. The lowest BCUT2D eigenvalue weighted by Crippen LogP contribution is -2.37. The summed E-state index contributed by atoms with van der Waals surface area (Å²) >= 11 is 10.3. The largest absolute Gasteiger partial charge is 0.492 e. The highest BCUT2D eigenvalue weighted by Gasteiger charge is 2.24. The van der Waals surface area contributed by atoms with Crippen LogP contribution in [0.25, 0.3) is 0 Å². The van der Waals surface area contributed by atoms with Gasteiger partial charge in [-0.3, -0.25) is 10.00 Å². The molecule has 0 spiro atoms. The van der Waals surface area contributed by atoms with Crippen molar-refractivity contribution in [3.05, 3.63) is 62.7 Å². The van der Waals surface area contributed by atoms with Crippen LogP contribution < -0.4 is 10.1 Å². The van der Waals surface area contributed by atoms with Crippen LogP contribution in [-0.4, -0.2) is 60.3 Å². The number of anilines is 2. The fourth-order valence-corrected chi connectivity index (χ4v) is 4.75. The molecule has 0 saturated carbocycles. The second-order valence-electron chi connectivity index (χ2n) is 8.10. The van der Waals surface area contributed by atoms with Crippen molar-refractivity contribution < 1.29 is 9.47 Å². The molecule has 0 unspecified atom stereocenters. The molecule has 1 aromatic heterocycles. The molecule has 0 aliphatic carbocycles. The maximum atomic E-state index is 6.56. The third-order valence-electron chi connectivity index (χ3n) is 5.83. The Morgan fingerprint density at radius 3 is 2.82 bits per heavy atom. The van der Waals surface area contributed by atoms with Crippen LogP contribution in [0.2, 0.25) is 5.02 Å². The van der Waals surface area contributed by atoms with Crippen LogP contribution in [0, 0.1) is 6.92 Å². The number of aromatic nitrogens is 2. The summed E-state index contributed by atoms with van der Waals surface area (Å²) in [5, 5.41) is 11.5. The van der Waals surface area contributed by atoms with Crippen molar-refractivity contribution in [3.63, 3.8) is 0 Å². The molecule has 1 fully saturated rings. The van der Waals surface area contributed by atoms with E-state index in [0.717, 1.165) is 83.4 Å². The first-order valence-corrected chi connectivity index (χ1v) is 12.2. The van der Waals surface area contributed by atoms with Crippen LogP contribution in [0.15, 0.2) is 45.9 Å². The molecule has 2 aliphatic heterocycles. The Morgan fingerprint density at radius 1 is 1.18 bits per heavy atom. The fraction of sp³-hybridized carbons (Fsp3) is 0.333. The number of ether oxygens (including phenoxy) is 2. The molecule has 2 aliphatic rings. The Hall–Kier alpha value is -2.39. The van der Waals surface area contributed by atoms with Gasteiger partial charge in [0.25, 0.3) is 0 Å². The molecule has 9 heteroatoms. The van der Waals surface area contributed by atoms with Gasteiger partial charge in [-0.1, -0.05) is 29.8 Å². The molecule has 33 heavy (non-hydrogen) atoms. The molecule has 0 radical (unpaired) electrons. The second kappa shape index (κ2) is 9.85. The maximum Gasteiger partial charge on any atom is 0.178 e. The number of H-pyrrole nitrogens is 1. The lowest BCUT2D eigenvalue weighted by Gasteiger charge is -2.26. The van der Waals surface area contributed by atoms with Crippen LogP contribution in [0.5, 0.6) is 5.75 Å². The third-order valence-corrected chi connectivity index (χ3v) is 6.78. The molecule has 172 valence electrons. The minimum Gasteiger partial charge on any atom is -0.492 e. The molecule has 3 aromatic rings. The van der Waals surface area contributed by atoms with E-state index in [1.165, 1.54) is 0 Å². The average Bonchev–Trinajstić information content (AvgIpc) is 3.08. The van der Waals surface area contributed by atoms with E-state index < -0.39 is 0 Å². The number of nitrogens with one attached hydrogen (secondary N) is 2. The minimum atomic E-state index is 0.632. The van der Waals surface area contributed by atoms with Crippen LogP contribution >= 0.6 is 27.5 Å². The van der Waals surface area contributed by atoms with Gasteiger partial charge in [0.15, 0.2) is 5.82 Å². The number of aryl methyl sites for hydroxylation is 1. The van der Waals surface area contributed by atoms with Crippen molar-refractivity contribution in [2.75, 3.05) is 44.8 Å². The van der Waals surface area contributed by atoms with Crippen molar-refractivity contribution >= 4 is 50.4 Å². The van der Waals surface area contributed by atoms with E-state index in [1.54, 1.807) is 0 Å². The molecule has 7 nitrogen and oxygen atoms in total. The maximum absolute atomic E-state index is 6.56. The molecule has 1 saturated heterocycles. The number of nitrogens with zero attached hydrogens (tertiary/aromatic N) is 3. The first-order chi connectivity index (χ1) is 16.1. The zero-order chi connectivity index (χ0) is 22.8. The summed E-state index contributed by atoms with van der Waals surface area (Å²) in [5.41, 5.74) is 5.09. The number of hydrogen-bond acceptors (Lipinski definition) is 6. The highest BCUT2D eigenvalue weighted by molar-refractivity contribution is 9.10. The van der Waals surface area contributed by atoms with Gasteiger partial charge in [-0.15, -0.1) is 0 Å². The number of morpholine rings is 1. The summed E-state index contributed by atoms with van der Waals surface area (Å²) in [6, 6.07) is 11.8. The van der Waals surface area contributed by atoms with Gasteiger partial charge in [0.1, 0.15) is 11.4 Å². The third kappa shape index (κ3) is 4.80. The number of fused-ring (bicyclic) bond motifs is 2. The Labute approximate surface area is 206 Å². The Morgan fingerprint density at radius 2 is 2.00 bits per heavy atom. The quantitative estimate of drug-likeness (QED) is 0.324. The zero-order valence-corrected chi connectivity index (χ0v) is 20.7. The monoisotopic (exact) mass is 529 g/mol. The molecule has 2 N–H and O–H groups in total. The van der Waals surface area contributed by atoms with E-state index >= 15 is 0 Å². The summed E-state index contributed by atoms with van der Waals surface area (Å²) in [6.07, 6.45) is 0.950. The number of hydrogen-bond donors (Lipinski definition) is 2. The van der Waals surface area contributed by atoms with Crippen molar-refractivity contribution in [3.8, 4) is 5.75 Å². The van der Waals surface area contributed by atoms with Gasteiger partial charge in [0.2, 0.25) is 0 Å². The van der Waals surface area contributed by atoms with E-state index in [4.69, 9.17) is 26.1 Å². The van der Waals surface area contributed by atoms with Gasteiger partial charge < -0.3 is 14.8 Å². The SMILES string of the molecule is Cc1[nH]nc2c1N=C(c1ccccc1Cl)c1cc(Br)c(OCCCN3CCOCC3)cc1N2. The lowest BCUT2D eigenvalue weighted by molar-refractivity contribution is 0.0358. The van der Waals surface area contributed by atoms with Crippen molar-refractivity contribution in [1.29, 1.82) is 0 Å². The smallest absolute Gasteiger partial charge is 0.178 e. The van der Waals surface area contributed by atoms with Gasteiger partial charge in [-0.25, -0.2) is 4.99 Å². The first-order valence-electron chi connectivity index (χ1n) is 11.0. The number of rotatable bonds is 6. The predicted octanol–water partition coefficient (Wildman–Crippen LogP) is 5.46. The number of halogens is 2. The Bertz CT molecular complexity index is 1190. The van der Waals surface area contributed by atoms with E-state index in [9.17, 15) is 0 Å². The van der Waals surface area contributed by atoms with Crippen LogP contribution in [-0.2, 0) is 4.74 Å². The standard InChI is InChI=1S/C24H25BrClN5O2/c1-15-22-24(30-29-15)27-20-14-21(33-10-4-7-31-8-11-32-12-9-31)18(25)13-17(20)23(28-22)16-5-2-3-6-19(16)26/h2-3,5-6,13-14H,4,7-12H2,1H3,(H2,27,29,30). The van der Waals surface area contributed by atoms with Crippen molar-refractivity contribution in [1.82, 2.24) is 15.1 Å². The average molecular weight is 531 g/mol. The molecule has 2 aromatic carbocycles. The van der Waals surface area contributed by atoms with E-state index in [2.05, 4.69) is 36.3 Å². The summed E-state index contributed by atoms with van der Waals surface area (Å²) in [5.74, 6) is 1.45.